The van der Waals surface area contributed by atoms with Gasteiger partial charge in [0.05, 0.1) is 17.3 Å². The summed E-state index contributed by atoms with van der Waals surface area (Å²) in [6.45, 7) is 4.37. The molecule has 0 bridgehead atoms. The molecular weight excluding hydrogens is 262 g/mol. The van der Waals surface area contributed by atoms with Crippen LogP contribution in [0.25, 0.3) is 0 Å². The average Bonchev–Trinajstić information content (AvgIpc) is 2.67. The van der Waals surface area contributed by atoms with E-state index in [4.69, 9.17) is 4.74 Å². The number of fused-ring (bicyclic) bond motifs is 1. The number of hydrogen-bond acceptors (Lipinski definition) is 4. The molecule has 2 rings (SSSR count). The van der Waals surface area contributed by atoms with Crippen molar-refractivity contribution < 1.29 is 13.2 Å². The predicted octanol–water partition coefficient (Wildman–Crippen LogP) is 1.43. The number of hydrogen-bond donors (Lipinski definition) is 1. The standard InChI is InChI=1S/C14H21NO3S/c1-11(9-15-7-8-18-2)13-10-19(16,17)14-6-4-3-5-12(13)14/h3-6,11,13,15H,7-10H2,1-2H3. The van der Waals surface area contributed by atoms with Crippen LogP contribution in [0.3, 0.4) is 0 Å². The number of ether oxygens (including phenoxy) is 1. The highest BCUT2D eigenvalue weighted by Gasteiger charge is 2.36. The molecule has 0 amide bonds. The minimum Gasteiger partial charge on any atom is -0.383 e. The van der Waals surface area contributed by atoms with Crippen molar-refractivity contribution in [3.05, 3.63) is 29.8 Å². The number of nitrogens with one attached hydrogen (secondary N) is 1. The number of rotatable bonds is 6. The predicted molar refractivity (Wildman–Crippen MR) is 75.1 cm³/mol. The molecule has 1 aliphatic heterocycles. The van der Waals surface area contributed by atoms with Crippen LogP contribution in [0, 0.1) is 5.92 Å². The molecule has 106 valence electrons. The molecule has 1 N–H and O–H groups in total. The van der Waals surface area contributed by atoms with Crippen molar-refractivity contribution in [1.82, 2.24) is 5.32 Å². The van der Waals surface area contributed by atoms with Crippen LogP contribution in [0.1, 0.15) is 18.4 Å². The van der Waals surface area contributed by atoms with Crippen molar-refractivity contribution in [2.24, 2.45) is 5.92 Å². The fourth-order valence-corrected chi connectivity index (χ4v) is 4.63. The van der Waals surface area contributed by atoms with Gasteiger partial charge in [-0.3, -0.25) is 0 Å². The number of sulfone groups is 1. The van der Waals surface area contributed by atoms with Gasteiger partial charge in [-0.15, -0.1) is 0 Å². The molecule has 0 saturated heterocycles. The first kappa shape index (κ1) is 14.5. The third-order valence-corrected chi connectivity index (χ3v) is 5.53. The van der Waals surface area contributed by atoms with Crippen LogP contribution in [0.2, 0.25) is 0 Å². The van der Waals surface area contributed by atoms with Crippen LogP contribution in [0.4, 0.5) is 0 Å². The summed E-state index contributed by atoms with van der Waals surface area (Å²) in [6, 6.07) is 7.37. The minimum atomic E-state index is -3.09. The largest absolute Gasteiger partial charge is 0.383 e. The zero-order valence-electron chi connectivity index (χ0n) is 11.4. The van der Waals surface area contributed by atoms with Crippen LogP contribution < -0.4 is 5.32 Å². The van der Waals surface area contributed by atoms with Crippen molar-refractivity contribution in [3.63, 3.8) is 0 Å². The lowest BCUT2D eigenvalue weighted by Gasteiger charge is -2.19. The second-order valence-corrected chi connectivity index (χ2v) is 7.10. The summed E-state index contributed by atoms with van der Waals surface area (Å²) in [5, 5.41) is 3.30. The summed E-state index contributed by atoms with van der Waals surface area (Å²) in [6.07, 6.45) is 0. The lowest BCUT2D eigenvalue weighted by Crippen LogP contribution is -2.28. The molecule has 1 heterocycles. The highest BCUT2D eigenvalue weighted by Crippen LogP contribution is 2.38. The maximum Gasteiger partial charge on any atom is 0.179 e. The average molecular weight is 283 g/mol. The zero-order chi connectivity index (χ0) is 13.9. The van der Waals surface area contributed by atoms with Crippen LogP contribution in [-0.4, -0.2) is 41.0 Å². The maximum absolute atomic E-state index is 12.1. The van der Waals surface area contributed by atoms with Gasteiger partial charge in [-0.1, -0.05) is 25.1 Å². The summed E-state index contributed by atoms with van der Waals surface area (Å²) in [5.41, 5.74) is 0.976. The Labute approximate surface area is 115 Å². The Balaban J connectivity index is 2.06. The Bertz CT molecular complexity index is 527. The van der Waals surface area contributed by atoms with E-state index in [0.717, 1.165) is 18.7 Å². The van der Waals surface area contributed by atoms with Crippen molar-refractivity contribution in [1.29, 1.82) is 0 Å². The van der Waals surface area contributed by atoms with Crippen molar-refractivity contribution in [2.45, 2.75) is 17.7 Å². The molecule has 0 aromatic heterocycles. The van der Waals surface area contributed by atoms with Crippen molar-refractivity contribution in [2.75, 3.05) is 32.6 Å². The van der Waals surface area contributed by atoms with Crippen LogP contribution in [0.15, 0.2) is 29.2 Å². The van der Waals surface area contributed by atoms with Gasteiger partial charge in [0, 0.05) is 19.6 Å². The monoisotopic (exact) mass is 283 g/mol. The van der Waals surface area contributed by atoms with Crippen molar-refractivity contribution >= 4 is 9.84 Å². The Hall–Kier alpha value is -0.910. The van der Waals surface area contributed by atoms with Gasteiger partial charge < -0.3 is 10.1 Å². The third-order valence-electron chi connectivity index (χ3n) is 3.69. The van der Waals surface area contributed by atoms with E-state index in [1.54, 1.807) is 19.2 Å². The Morgan fingerprint density at radius 2 is 2.16 bits per heavy atom. The summed E-state index contributed by atoms with van der Waals surface area (Å²) < 4.78 is 29.2. The van der Waals surface area contributed by atoms with E-state index in [-0.39, 0.29) is 17.6 Å². The maximum atomic E-state index is 12.1. The van der Waals surface area contributed by atoms with Crippen molar-refractivity contribution in [3.8, 4) is 0 Å². The van der Waals surface area contributed by atoms with Gasteiger partial charge in [0.1, 0.15) is 0 Å². The van der Waals surface area contributed by atoms with Gasteiger partial charge in [0.25, 0.3) is 0 Å². The lowest BCUT2D eigenvalue weighted by molar-refractivity contribution is 0.197. The first-order valence-electron chi connectivity index (χ1n) is 6.57. The smallest absolute Gasteiger partial charge is 0.179 e. The summed E-state index contributed by atoms with van der Waals surface area (Å²) in [7, 11) is -1.42. The van der Waals surface area contributed by atoms with Crippen LogP contribution >= 0.6 is 0 Å². The van der Waals surface area contributed by atoms with E-state index in [1.807, 2.05) is 12.1 Å². The highest BCUT2D eigenvalue weighted by atomic mass is 32.2. The molecule has 1 aromatic carbocycles. The molecule has 2 atom stereocenters. The fraction of sp³-hybridized carbons (Fsp3) is 0.571. The Kier molecular flexibility index (Phi) is 4.60. The van der Waals surface area contributed by atoms with Gasteiger partial charge >= 0.3 is 0 Å². The van der Waals surface area contributed by atoms with Gasteiger partial charge in [-0.2, -0.15) is 0 Å². The number of benzene rings is 1. The molecule has 19 heavy (non-hydrogen) atoms. The van der Waals surface area contributed by atoms with Gasteiger partial charge in [-0.25, -0.2) is 8.42 Å². The first-order chi connectivity index (χ1) is 9.06. The molecule has 1 aromatic rings. The SMILES string of the molecule is COCCNCC(C)C1CS(=O)(=O)c2ccccc21. The second-order valence-electron chi connectivity index (χ2n) is 5.10. The van der Waals surface area contributed by atoms with Crippen LogP contribution in [0.5, 0.6) is 0 Å². The van der Waals surface area contributed by atoms with Gasteiger partial charge in [0.15, 0.2) is 9.84 Å². The molecule has 0 radical (unpaired) electrons. The zero-order valence-corrected chi connectivity index (χ0v) is 12.2. The fourth-order valence-electron chi connectivity index (χ4n) is 2.60. The molecule has 0 fully saturated rings. The minimum absolute atomic E-state index is 0.0937. The molecule has 0 spiro atoms. The van der Waals surface area contributed by atoms with E-state index in [0.29, 0.717) is 11.5 Å². The van der Waals surface area contributed by atoms with Crippen LogP contribution in [-0.2, 0) is 14.6 Å². The topological polar surface area (TPSA) is 55.4 Å². The molecule has 0 aliphatic carbocycles. The first-order valence-corrected chi connectivity index (χ1v) is 8.23. The van der Waals surface area contributed by atoms with Gasteiger partial charge in [0.2, 0.25) is 0 Å². The van der Waals surface area contributed by atoms with E-state index < -0.39 is 9.84 Å². The summed E-state index contributed by atoms with van der Waals surface area (Å²) in [4.78, 5) is 0.517. The van der Waals surface area contributed by atoms with E-state index >= 15 is 0 Å². The molecule has 0 saturated carbocycles. The normalized spacial score (nSPS) is 22.1. The number of methoxy groups -OCH3 is 1. The van der Waals surface area contributed by atoms with Gasteiger partial charge in [-0.05, 0) is 24.1 Å². The highest BCUT2D eigenvalue weighted by molar-refractivity contribution is 7.91. The Morgan fingerprint density at radius 3 is 2.89 bits per heavy atom. The second kappa shape index (κ2) is 6.03. The molecule has 1 aliphatic rings. The van der Waals surface area contributed by atoms with E-state index in [2.05, 4.69) is 12.2 Å². The molecule has 4 nitrogen and oxygen atoms in total. The van der Waals surface area contributed by atoms with E-state index in [9.17, 15) is 8.42 Å². The Morgan fingerprint density at radius 1 is 1.42 bits per heavy atom. The lowest BCUT2D eigenvalue weighted by atomic mass is 9.89. The molecular formula is C14H21NO3S. The summed E-state index contributed by atoms with van der Waals surface area (Å²) >= 11 is 0. The molecule has 2 unspecified atom stereocenters. The third kappa shape index (κ3) is 3.16. The summed E-state index contributed by atoms with van der Waals surface area (Å²) in [5.74, 6) is 0.617. The quantitative estimate of drug-likeness (QED) is 0.803. The molecule has 5 heteroatoms. The van der Waals surface area contributed by atoms with E-state index in [1.165, 1.54) is 0 Å².